The number of unbranched alkanes of at least 4 members (excludes halogenated alkanes) is 24. The lowest BCUT2D eigenvalue weighted by atomic mass is 10.1. The van der Waals surface area contributed by atoms with E-state index in [0.717, 1.165) is 25.7 Å². The number of allylic oxidation sites excluding steroid dienone is 4. The van der Waals surface area contributed by atoms with E-state index < -0.39 is 12.1 Å². The third-order valence-corrected chi connectivity index (χ3v) is 8.32. The Morgan fingerprint density at radius 3 is 1.19 bits per heavy atom. The van der Waals surface area contributed by atoms with Crippen LogP contribution in [0.1, 0.15) is 194 Å². The van der Waals surface area contributed by atoms with Crippen LogP contribution in [0.3, 0.4) is 0 Å². The van der Waals surface area contributed by atoms with Gasteiger partial charge < -0.3 is 14.6 Å². The molecule has 1 atom stereocenters. The van der Waals surface area contributed by atoms with Crippen LogP contribution >= 0.6 is 0 Å². The molecule has 0 aromatic carbocycles. The van der Waals surface area contributed by atoms with Gasteiger partial charge in [-0.3, -0.25) is 0 Å². The Hall–Kier alpha value is -1.13. The minimum Gasteiger partial charge on any atom is -0.479 e. The third-order valence-electron chi connectivity index (χ3n) is 8.32. The minimum atomic E-state index is -0.912. The maximum Gasteiger partial charge on any atom is 0.335 e. The fourth-order valence-electron chi connectivity index (χ4n) is 5.41. The number of carboxylic acid groups (broad SMARTS) is 1. The van der Waals surface area contributed by atoms with Gasteiger partial charge in [0.15, 0.2) is 6.10 Å². The molecule has 43 heavy (non-hydrogen) atoms. The van der Waals surface area contributed by atoms with Crippen LogP contribution in [0.4, 0.5) is 0 Å². The van der Waals surface area contributed by atoms with Crippen LogP contribution in [-0.4, -0.2) is 37.0 Å². The molecule has 0 aliphatic carbocycles. The summed E-state index contributed by atoms with van der Waals surface area (Å²) >= 11 is 0. The molecule has 0 saturated heterocycles. The molecule has 0 saturated carbocycles. The first-order chi connectivity index (χ1) is 21.2. The van der Waals surface area contributed by atoms with Gasteiger partial charge >= 0.3 is 5.97 Å². The van der Waals surface area contributed by atoms with Gasteiger partial charge in [0.2, 0.25) is 0 Å². The van der Waals surface area contributed by atoms with Gasteiger partial charge in [-0.25, -0.2) is 4.79 Å². The number of hydrogen-bond donors (Lipinski definition) is 1. The predicted molar refractivity (Wildman–Crippen MR) is 187 cm³/mol. The second-order valence-corrected chi connectivity index (χ2v) is 12.6. The molecule has 0 bridgehead atoms. The third kappa shape index (κ3) is 35.2. The van der Waals surface area contributed by atoms with Crippen molar-refractivity contribution in [2.45, 2.75) is 200 Å². The fraction of sp³-hybridized carbons (Fsp3) is 0.872. The number of carbonyl (C=O) groups is 1. The van der Waals surface area contributed by atoms with Crippen LogP contribution < -0.4 is 0 Å². The Morgan fingerprint density at radius 2 is 0.814 bits per heavy atom. The Kier molecular flexibility index (Phi) is 36.1. The van der Waals surface area contributed by atoms with Crippen molar-refractivity contribution in [2.75, 3.05) is 19.8 Å². The van der Waals surface area contributed by atoms with Crippen molar-refractivity contribution in [3.63, 3.8) is 0 Å². The summed E-state index contributed by atoms with van der Waals surface area (Å²) in [6.07, 6.45) is 44.4. The van der Waals surface area contributed by atoms with Crippen molar-refractivity contribution >= 4 is 5.97 Å². The number of hydrogen-bond acceptors (Lipinski definition) is 3. The van der Waals surface area contributed by atoms with E-state index in [0.29, 0.717) is 13.2 Å². The largest absolute Gasteiger partial charge is 0.479 e. The van der Waals surface area contributed by atoms with Gasteiger partial charge in [-0.2, -0.15) is 0 Å². The number of carboxylic acids is 1. The first kappa shape index (κ1) is 41.9. The molecule has 0 aromatic rings. The van der Waals surface area contributed by atoms with Crippen molar-refractivity contribution < 1.29 is 19.4 Å². The van der Waals surface area contributed by atoms with Gasteiger partial charge in [-0.05, 0) is 64.2 Å². The van der Waals surface area contributed by atoms with E-state index in [4.69, 9.17) is 9.47 Å². The Labute approximate surface area is 268 Å². The summed E-state index contributed by atoms with van der Waals surface area (Å²) < 4.78 is 11.3. The number of aliphatic carboxylic acids is 1. The normalized spacial score (nSPS) is 12.6. The van der Waals surface area contributed by atoms with E-state index in [1.54, 1.807) is 0 Å². The average molecular weight is 607 g/mol. The Balaban J connectivity index is 3.44. The van der Waals surface area contributed by atoms with Gasteiger partial charge in [0.1, 0.15) is 0 Å². The maximum atomic E-state index is 11.5. The molecule has 0 fully saturated rings. The summed E-state index contributed by atoms with van der Waals surface area (Å²) in [5.41, 5.74) is 0. The highest BCUT2D eigenvalue weighted by Crippen LogP contribution is 2.12. The summed E-state index contributed by atoms with van der Waals surface area (Å²) in [4.78, 5) is 11.5. The molecule has 254 valence electrons. The van der Waals surface area contributed by atoms with Crippen molar-refractivity contribution in [3.8, 4) is 0 Å². The Morgan fingerprint density at radius 1 is 0.488 bits per heavy atom. The van der Waals surface area contributed by atoms with E-state index in [1.807, 2.05) is 0 Å². The van der Waals surface area contributed by atoms with E-state index in [-0.39, 0.29) is 6.61 Å². The monoisotopic (exact) mass is 607 g/mol. The lowest BCUT2D eigenvalue weighted by molar-refractivity contribution is -0.154. The van der Waals surface area contributed by atoms with E-state index in [2.05, 4.69) is 38.2 Å². The van der Waals surface area contributed by atoms with Gasteiger partial charge in [0.25, 0.3) is 0 Å². The predicted octanol–water partition coefficient (Wildman–Crippen LogP) is 12.5. The fourth-order valence-corrected chi connectivity index (χ4v) is 5.41. The highest BCUT2D eigenvalue weighted by molar-refractivity contribution is 5.72. The van der Waals surface area contributed by atoms with E-state index >= 15 is 0 Å². The quantitative estimate of drug-likeness (QED) is 0.0569. The molecular weight excluding hydrogens is 532 g/mol. The summed E-state index contributed by atoms with van der Waals surface area (Å²) in [5.74, 6) is -0.912. The van der Waals surface area contributed by atoms with Crippen molar-refractivity contribution in [1.82, 2.24) is 0 Å². The van der Waals surface area contributed by atoms with Crippen LogP contribution in [-0.2, 0) is 14.3 Å². The smallest absolute Gasteiger partial charge is 0.335 e. The lowest BCUT2D eigenvalue weighted by Crippen LogP contribution is -2.29. The molecule has 4 nitrogen and oxygen atoms in total. The zero-order chi connectivity index (χ0) is 31.3. The molecule has 0 radical (unpaired) electrons. The van der Waals surface area contributed by atoms with Crippen LogP contribution in [0.2, 0.25) is 0 Å². The first-order valence-electron chi connectivity index (χ1n) is 18.9. The number of ether oxygens (including phenoxy) is 2. The van der Waals surface area contributed by atoms with Gasteiger partial charge in [-0.15, -0.1) is 0 Å². The maximum absolute atomic E-state index is 11.5. The van der Waals surface area contributed by atoms with Gasteiger partial charge in [0.05, 0.1) is 6.61 Å². The summed E-state index contributed by atoms with van der Waals surface area (Å²) in [6, 6.07) is 0. The standard InChI is InChI=1S/C39H74O4/c1-3-5-7-9-11-13-15-17-19-21-23-25-27-29-31-33-35-42-37-38(39(40)41)43-36-34-32-30-28-26-24-22-20-18-16-14-12-10-8-6-4-2/h17-20,38H,3-16,21-37H2,1-2H3,(H,40,41)/b19-17-,20-18-. The molecule has 0 spiro atoms. The zero-order valence-electron chi connectivity index (χ0n) is 29.0. The molecule has 1 N–H and O–H groups in total. The SMILES string of the molecule is CCCCCCCC/C=C\CCCCCCCCOCC(OCCCCCCCC/C=C\CCCCCCCC)C(=O)O. The average Bonchev–Trinajstić information content (AvgIpc) is 3.00. The van der Waals surface area contributed by atoms with Crippen LogP contribution in [0.5, 0.6) is 0 Å². The molecular formula is C39H74O4. The molecule has 4 heteroatoms. The molecule has 0 aromatic heterocycles. The second kappa shape index (κ2) is 37.1. The van der Waals surface area contributed by atoms with Crippen LogP contribution in [0.25, 0.3) is 0 Å². The lowest BCUT2D eigenvalue weighted by Gasteiger charge is -2.14. The van der Waals surface area contributed by atoms with Gasteiger partial charge in [0, 0.05) is 13.2 Å². The molecule has 0 aliphatic heterocycles. The second-order valence-electron chi connectivity index (χ2n) is 12.6. The summed E-state index contributed by atoms with van der Waals surface area (Å²) in [6.45, 7) is 5.84. The molecule has 0 aliphatic rings. The topological polar surface area (TPSA) is 55.8 Å². The summed E-state index contributed by atoms with van der Waals surface area (Å²) in [7, 11) is 0. The zero-order valence-corrected chi connectivity index (χ0v) is 29.0. The Bertz CT molecular complexity index is 600. The highest BCUT2D eigenvalue weighted by Gasteiger charge is 2.17. The first-order valence-corrected chi connectivity index (χ1v) is 18.9. The van der Waals surface area contributed by atoms with Crippen molar-refractivity contribution in [3.05, 3.63) is 24.3 Å². The van der Waals surface area contributed by atoms with Crippen LogP contribution in [0.15, 0.2) is 24.3 Å². The summed E-state index contributed by atoms with van der Waals surface area (Å²) in [5, 5.41) is 9.44. The van der Waals surface area contributed by atoms with E-state index in [1.165, 1.54) is 154 Å². The molecule has 0 amide bonds. The molecule has 0 heterocycles. The van der Waals surface area contributed by atoms with Crippen LogP contribution in [0, 0.1) is 0 Å². The van der Waals surface area contributed by atoms with Crippen molar-refractivity contribution in [2.24, 2.45) is 0 Å². The molecule has 1 unspecified atom stereocenters. The van der Waals surface area contributed by atoms with Gasteiger partial charge in [-0.1, -0.05) is 154 Å². The molecule has 0 rings (SSSR count). The van der Waals surface area contributed by atoms with E-state index in [9.17, 15) is 9.90 Å². The minimum absolute atomic E-state index is 0.160. The number of rotatable bonds is 36. The highest BCUT2D eigenvalue weighted by atomic mass is 16.5. The van der Waals surface area contributed by atoms with Crippen molar-refractivity contribution in [1.29, 1.82) is 0 Å².